The monoisotopic (exact) mass is 423 g/mol. The summed E-state index contributed by atoms with van der Waals surface area (Å²) in [6, 6.07) is 1.06. The van der Waals surface area contributed by atoms with E-state index in [4.69, 9.17) is 62.7 Å². The summed E-state index contributed by atoms with van der Waals surface area (Å²) in [6.07, 6.45) is -3.66. The van der Waals surface area contributed by atoms with Crippen molar-refractivity contribution in [1.82, 2.24) is 4.98 Å². The molecule has 0 unspecified atom stereocenters. The molecule has 1 heterocycles. The number of hydrogen-bond donors (Lipinski definition) is 0. The van der Waals surface area contributed by atoms with Gasteiger partial charge in [-0.3, -0.25) is 4.98 Å². The van der Waals surface area contributed by atoms with E-state index >= 15 is 0 Å². The highest BCUT2D eigenvalue weighted by Gasteiger charge is 2.40. The summed E-state index contributed by atoms with van der Waals surface area (Å²) in [5.74, 6) is -0.447. The summed E-state index contributed by atoms with van der Waals surface area (Å²) >= 11 is 29.7. The van der Waals surface area contributed by atoms with Crippen LogP contribution >= 0.6 is 58.0 Å². The van der Waals surface area contributed by atoms with Crippen LogP contribution in [-0.4, -0.2) is 12.1 Å². The smallest absolute Gasteiger partial charge is 0.422 e. The maximum Gasteiger partial charge on any atom is 0.422 e. The largest absolute Gasteiger partial charge is 0.496 e. The van der Waals surface area contributed by atoms with Gasteiger partial charge in [0.25, 0.3) is 0 Å². The Balaban J connectivity index is 2.95. The summed E-state index contributed by atoms with van der Waals surface area (Å²) in [6.45, 7) is 0. The lowest BCUT2D eigenvalue weighted by atomic mass is 10.0. The second kappa shape index (κ2) is 6.73. The number of hydrogen-bond acceptors (Lipinski definition) is 2. The van der Waals surface area contributed by atoms with Crippen molar-refractivity contribution in [2.45, 2.75) is 6.18 Å². The van der Waals surface area contributed by atoms with Crippen LogP contribution in [0, 0.1) is 0 Å². The first-order chi connectivity index (χ1) is 10.6. The molecule has 0 atom stereocenters. The molecule has 1 aromatic heterocycles. The summed E-state index contributed by atoms with van der Waals surface area (Å²) < 4.78 is 45.0. The summed E-state index contributed by atoms with van der Waals surface area (Å²) in [5.41, 5.74) is -1.99. The number of methoxy groups -OCH3 is 1. The van der Waals surface area contributed by atoms with Crippen LogP contribution in [-0.2, 0) is 6.18 Å². The highest BCUT2D eigenvalue weighted by molar-refractivity contribution is 6.56. The molecule has 0 fully saturated rings. The first-order valence-electron chi connectivity index (χ1n) is 5.73. The maximum atomic E-state index is 13.4. The molecule has 2 nitrogen and oxygen atoms in total. The van der Waals surface area contributed by atoms with E-state index in [9.17, 15) is 13.2 Å². The zero-order valence-electron chi connectivity index (χ0n) is 11.0. The lowest BCUT2D eigenvalue weighted by Crippen LogP contribution is -2.11. The Hall–Kier alpha value is -0.590. The van der Waals surface area contributed by atoms with E-state index in [2.05, 4.69) is 4.98 Å². The van der Waals surface area contributed by atoms with Crippen LogP contribution < -0.4 is 4.74 Å². The van der Waals surface area contributed by atoms with Gasteiger partial charge in [0.05, 0.1) is 37.9 Å². The lowest BCUT2D eigenvalue weighted by Gasteiger charge is -2.18. The van der Waals surface area contributed by atoms with Gasteiger partial charge >= 0.3 is 6.18 Å². The Labute approximate surface area is 154 Å². The molecule has 2 aromatic rings. The second-order valence-corrected chi connectivity index (χ2v) is 6.07. The minimum Gasteiger partial charge on any atom is -0.496 e. The van der Waals surface area contributed by atoms with E-state index in [1.165, 1.54) is 0 Å². The predicted molar refractivity (Wildman–Crippen MR) is 86.3 cm³/mol. The molecule has 0 aliphatic carbocycles. The molecule has 1 aromatic carbocycles. The molecular weight excluding hydrogens is 420 g/mol. The van der Waals surface area contributed by atoms with Gasteiger partial charge in [0.15, 0.2) is 0 Å². The van der Waals surface area contributed by atoms with Crippen molar-refractivity contribution in [3.8, 4) is 17.0 Å². The number of halogens is 8. The fourth-order valence-corrected chi connectivity index (χ4v) is 3.21. The van der Waals surface area contributed by atoms with Crippen molar-refractivity contribution in [1.29, 1.82) is 0 Å². The number of aromatic nitrogens is 1. The molecular formula is C13H5Cl5F3NO. The van der Waals surface area contributed by atoms with Crippen LogP contribution in [0.1, 0.15) is 5.56 Å². The standard InChI is InChI=1S/C13H5Cl5F3NO/c1-23-4-2-3-22-12(6(4)13(19,20)21)5-7(14)9(16)11(18)10(17)8(5)15/h2-3H,1H3. The van der Waals surface area contributed by atoms with Gasteiger partial charge in [-0.1, -0.05) is 58.0 Å². The molecule has 10 heteroatoms. The van der Waals surface area contributed by atoms with Gasteiger partial charge in [0, 0.05) is 11.8 Å². The molecule has 0 radical (unpaired) electrons. The molecule has 0 saturated carbocycles. The van der Waals surface area contributed by atoms with E-state index in [0.717, 1.165) is 19.4 Å². The molecule has 0 N–H and O–H groups in total. The third kappa shape index (κ3) is 3.30. The zero-order chi connectivity index (χ0) is 17.5. The van der Waals surface area contributed by atoms with Crippen molar-refractivity contribution in [3.63, 3.8) is 0 Å². The number of rotatable bonds is 2. The number of pyridine rings is 1. The average Bonchev–Trinajstić information content (AvgIpc) is 2.50. The minimum atomic E-state index is -4.78. The molecule has 0 aliphatic rings. The number of ether oxygens (including phenoxy) is 1. The number of benzene rings is 1. The topological polar surface area (TPSA) is 22.1 Å². The van der Waals surface area contributed by atoms with Gasteiger partial charge in [-0.05, 0) is 6.07 Å². The molecule has 0 bridgehead atoms. The minimum absolute atomic E-state index is 0.163. The summed E-state index contributed by atoms with van der Waals surface area (Å²) in [4.78, 5) is 3.73. The molecule has 0 saturated heterocycles. The van der Waals surface area contributed by atoms with E-state index in [1.807, 2.05) is 0 Å². The first-order valence-corrected chi connectivity index (χ1v) is 7.62. The van der Waals surface area contributed by atoms with Crippen LogP contribution in [0.5, 0.6) is 5.75 Å². The Morgan fingerprint density at radius 1 is 0.913 bits per heavy atom. The van der Waals surface area contributed by atoms with E-state index in [0.29, 0.717) is 0 Å². The van der Waals surface area contributed by atoms with Crippen molar-refractivity contribution in [2.75, 3.05) is 7.11 Å². The van der Waals surface area contributed by atoms with Gasteiger partial charge in [-0.25, -0.2) is 0 Å². The predicted octanol–water partition coefficient (Wildman–Crippen LogP) is 7.04. The third-order valence-electron chi connectivity index (χ3n) is 2.86. The Morgan fingerprint density at radius 3 is 1.83 bits per heavy atom. The van der Waals surface area contributed by atoms with Gasteiger partial charge < -0.3 is 4.74 Å². The van der Waals surface area contributed by atoms with Crippen molar-refractivity contribution in [2.24, 2.45) is 0 Å². The molecule has 0 aliphatic heterocycles. The fraction of sp³-hybridized carbons (Fsp3) is 0.154. The zero-order valence-corrected chi connectivity index (χ0v) is 14.8. The van der Waals surface area contributed by atoms with Crippen LogP contribution in [0.2, 0.25) is 25.1 Å². The van der Waals surface area contributed by atoms with Gasteiger partial charge in [0.1, 0.15) is 11.3 Å². The normalized spacial score (nSPS) is 11.7. The fourth-order valence-electron chi connectivity index (χ4n) is 1.89. The van der Waals surface area contributed by atoms with E-state index in [1.54, 1.807) is 0 Å². The van der Waals surface area contributed by atoms with Gasteiger partial charge in [0.2, 0.25) is 0 Å². The molecule has 0 spiro atoms. The second-order valence-electron chi connectivity index (χ2n) is 4.18. The Morgan fingerprint density at radius 2 is 1.39 bits per heavy atom. The van der Waals surface area contributed by atoms with Crippen LogP contribution in [0.15, 0.2) is 12.3 Å². The van der Waals surface area contributed by atoms with Crippen LogP contribution in [0.3, 0.4) is 0 Å². The Bertz CT molecular complexity index is 750. The van der Waals surface area contributed by atoms with Crippen LogP contribution in [0.25, 0.3) is 11.3 Å². The molecule has 2 rings (SSSR count). The number of alkyl halides is 3. The van der Waals surface area contributed by atoms with Crippen molar-refractivity contribution >= 4 is 58.0 Å². The highest BCUT2D eigenvalue weighted by Crippen LogP contribution is 2.51. The van der Waals surface area contributed by atoms with E-state index < -0.39 is 23.2 Å². The highest BCUT2D eigenvalue weighted by atomic mass is 35.5. The van der Waals surface area contributed by atoms with Crippen molar-refractivity contribution < 1.29 is 17.9 Å². The maximum absolute atomic E-state index is 13.4. The van der Waals surface area contributed by atoms with E-state index in [-0.39, 0.29) is 30.7 Å². The Kier molecular flexibility index (Phi) is 5.48. The molecule has 23 heavy (non-hydrogen) atoms. The molecule has 124 valence electrons. The summed E-state index contributed by atoms with van der Waals surface area (Å²) in [5, 5.41) is -1.20. The van der Waals surface area contributed by atoms with Crippen molar-refractivity contribution in [3.05, 3.63) is 42.9 Å². The summed E-state index contributed by atoms with van der Waals surface area (Å²) in [7, 11) is 1.10. The van der Waals surface area contributed by atoms with Gasteiger partial charge in [-0.15, -0.1) is 0 Å². The SMILES string of the molecule is COc1ccnc(-c2c(Cl)c(Cl)c(Cl)c(Cl)c2Cl)c1C(F)(F)F. The molecule has 0 amide bonds. The first kappa shape index (κ1) is 18.7. The number of nitrogens with zero attached hydrogens (tertiary/aromatic N) is 1. The quantitative estimate of drug-likeness (QED) is 0.380. The average molecular weight is 425 g/mol. The lowest BCUT2D eigenvalue weighted by molar-refractivity contribution is -0.138. The van der Waals surface area contributed by atoms with Gasteiger partial charge in [-0.2, -0.15) is 13.2 Å². The van der Waals surface area contributed by atoms with Crippen LogP contribution in [0.4, 0.5) is 13.2 Å². The third-order valence-corrected chi connectivity index (χ3v) is 5.14.